The van der Waals surface area contributed by atoms with Crippen LogP contribution in [0.25, 0.3) is 0 Å². The molecule has 5 heteroatoms. The lowest BCUT2D eigenvalue weighted by Gasteiger charge is -2.02. The summed E-state index contributed by atoms with van der Waals surface area (Å²) in [7, 11) is 3.87. The van der Waals surface area contributed by atoms with E-state index < -0.39 is 0 Å². The highest BCUT2D eigenvalue weighted by Crippen LogP contribution is 2.14. The summed E-state index contributed by atoms with van der Waals surface area (Å²) >= 11 is 7.37. The zero-order chi connectivity index (χ0) is 12.0. The average molecular weight is 257 g/mol. The summed E-state index contributed by atoms with van der Waals surface area (Å²) in [6.45, 7) is 0. The first kappa shape index (κ1) is 13.1. The molecular weight excluding hydrogens is 242 g/mol. The van der Waals surface area contributed by atoms with E-state index in [2.05, 4.69) is 10.3 Å². The number of amidine groups is 1. The fourth-order valence-electron chi connectivity index (χ4n) is 0.961. The third kappa shape index (κ3) is 4.68. The molecule has 0 atom stereocenters. The highest BCUT2D eigenvalue weighted by Gasteiger charge is 2.02. The second-order valence-corrected chi connectivity index (χ2v) is 4.58. The van der Waals surface area contributed by atoms with E-state index in [4.69, 9.17) is 11.6 Å². The molecule has 0 unspecified atom stereocenters. The molecule has 0 aromatic heterocycles. The van der Waals surface area contributed by atoms with Crippen molar-refractivity contribution in [1.82, 2.24) is 0 Å². The van der Waals surface area contributed by atoms with Gasteiger partial charge >= 0.3 is 0 Å². The maximum absolute atomic E-state index is 5.81. The van der Waals surface area contributed by atoms with E-state index in [0.717, 1.165) is 15.9 Å². The molecule has 0 bridgehead atoms. The average Bonchev–Trinajstić information content (AvgIpc) is 2.26. The Morgan fingerprint density at radius 2 is 2.00 bits per heavy atom. The van der Waals surface area contributed by atoms with Gasteiger partial charge in [0.05, 0.1) is 14.1 Å². The molecule has 1 aromatic carbocycles. The van der Waals surface area contributed by atoms with Crippen LogP contribution in [0, 0.1) is 0 Å². The maximum Gasteiger partial charge on any atom is 0.284 e. The number of rotatable bonds is 2. The third-order valence-corrected chi connectivity index (χ3v) is 2.54. The lowest BCUT2D eigenvalue weighted by molar-refractivity contribution is -0.460. The molecule has 0 amide bonds. The number of nitrogens with one attached hydrogen (secondary N) is 1. The van der Waals surface area contributed by atoms with Crippen LogP contribution in [0.3, 0.4) is 0 Å². The molecule has 1 rings (SSSR count). The lowest BCUT2D eigenvalue weighted by atomic mass is 10.3. The summed E-state index contributed by atoms with van der Waals surface area (Å²) < 4.78 is 1.89. The third-order valence-electron chi connectivity index (χ3n) is 1.69. The fourth-order valence-corrected chi connectivity index (χ4v) is 1.46. The predicted molar refractivity (Wildman–Crippen MR) is 74.2 cm³/mol. The van der Waals surface area contributed by atoms with Gasteiger partial charge in [-0.25, -0.2) is 0 Å². The van der Waals surface area contributed by atoms with E-state index in [1.807, 2.05) is 49.2 Å². The normalized spacial score (nSPS) is 11.1. The van der Waals surface area contributed by atoms with E-state index in [1.54, 1.807) is 18.1 Å². The standard InChI is InChI=1S/C11H14ClN3S/c1-15(2)8-13-11(16-3)14-10-6-4-9(12)5-7-10/h4-8H,1-3H3/p+1. The van der Waals surface area contributed by atoms with Gasteiger partial charge < -0.3 is 5.32 Å². The minimum atomic E-state index is 0.730. The van der Waals surface area contributed by atoms with Crippen LogP contribution in [0.4, 0.5) is 5.69 Å². The Morgan fingerprint density at radius 3 is 2.50 bits per heavy atom. The van der Waals surface area contributed by atoms with Gasteiger partial charge in [0, 0.05) is 10.7 Å². The number of nitrogens with zero attached hydrogens (tertiary/aromatic N) is 2. The number of anilines is 1. The Morgan fingerprint density at radius 1 is 1.38 bits per heavy atom. The van der Waals surface area contributed by atoms with Crippen LogP contribution in [-0.2, 0) is 0 Å². The second kappa shape index (κ2) is 6.55. The quantitative estimate of drug-likeness (QED) is 0.501. The molecule has 0 heterocycles. The van der Waals surface area contributed by atoms with Crippen LogP contribution in [0.15, 0.2) is 29.3 Å². The van der Waals surface area contributed by atoms with Crippen LogP contribution >= 0.6 is 23.4 Å². The molecule has 16 heavy (non-hydrogen) atoms. The minimum absolute atomic E-state index is 0.730. The van der Waals surface area contributed by atoms with Crippen LogP contribution in [0.5, 0.6) is 0 Å². The Bertz CT molecular complexity index is 394. The van der Waals surface area contributed by atoms with Crippen LogP contribution in [-0.4, -0.2) is 36.4 Å². The summed E-state index contributed by atoms with van der Waals surface area (Å²) in [6.07, 6.45) is 3.74. The first-order valence-corrected chi connectivity index (χ1v) is 6.36. The molecule has 0 saturated carbocycles. The van der Waals surface area contributed by atoms with Gasteiger partial charge in [0.1, 0.15) is 0 Å². The van der Waals surface area contributed by atoms with Gasteiger partial charge in [-0.05, 0) is 35.5 Å². The summed E-state index contributed by atoms with van der Waals surface area (Å²) in [6, 6.07) is 7.53. The number of halogens is 1. The van der Waals surface area contributed by atoms with Crippen molar-refractivity contribution in [2.24, 2.45) is 4.99 Å². The van der Waals surface area contributed by atoms with Crippen LogP contribution in [0.2, 0.25) is 5.02 Å². The van der Waals surface area contributed by atoms with Gasteiger partial charge in [-0.1, -0.05) is 23.4 Å². The van der Waals surface area contributed by atoms with E-state index in [-0.39, 0.29) is 0 Å². The first-order valence-electron chi connectivity index (χ1n) is 4.76. The molecule has 0 aliphatic rings. The zero-order valence-corrected chi connectivity index (χ0v) is 11.1. The smallest absolute Gasteiger partial charge is 0.284 e. The summed E-state index contributed by atoms with van der Waals surface area (Å²) in [5.74, 6) is 0. The lowest BCUT2D eigenvalue weighted by Crippen LogP contribution is -2.09. The highest BCUT2D eigenvalue weighted by atomic mass is 35.5. The highest BCUT2D eigenvalue weighted by molar-refractivity contribution is 8.13. The fraction of sp³-hybridized carbons (Fsp3) is 0.273. The molecular formula is C11H15ClN3S+. The van der Waals surface area contributed by atoms with Crippen molar-refractivity contribution in [2.75, 3.05) is 25.7 Å². The van der Waals surface area contributed by atoms with E-state index in [0.29, 0.717) is 0 Å². The molecule has 1 N–H and O–H groups in total. The molecule has 0 radical (unpaired) electrons. The molecule has 0 aliphatic heterocycles. The number of hydrogen-bond donors (Lipinski definition) is 1. The molecule has 86 valence electrons. The van der Waals surface area contributed by atoms with Crippen molar-refractivity contribution in [3.05, 3.63) is 29.3 Å². The molecule has 0 fully saturated rings. The molecule has 1 aromatic rings. The largest absolute Gasteiger partial charge is 0.314 e. The van der Waals surface area contributed by atoms with Gasteiger partial charge in [0.2, 0.25) is 0 Å². The summed E-state index contributed by atoms with van der Waals surface area (Å²) in [5.41, 5.74) is 0.977. The predicted octanol–water partition coefficient (Wildman–Crippen LogP) is 2.77. The van der Waals surface area contributed by atoms with E-state index >= 15 is 0 Å². The number of aliphatic imine (C=N–C) groups is 1. The van der Waals surface area contributed by atoms with Crippen molar-refractivity contribution in [2.45, 2.75) is 0 Å². The number of thioether (sulfide) groups is 1. The molecule has 0 saturated heterocycles. The van der Waals surface area contributed by atoms with Crippen molar-refractivity contribution in [3.63, 3.8) is 0 Å². The van der Waals surface area contributed by atoms with Crippen molar-refractivity contribution < 1.29 is 4.58 Å². The van der Waals surface area contributed by atoms with E-state index in [9.17, 15) is 0 Å². The zero-order valence-electron chi connectivity index (χ0n) is 9.57. The molecule has 0 spiro atoms. The molecule has 3 nitrogen and oxygen atoms in total. The van der Waals surface area contributed by atoms with Crippen molar-refractivity contribution in [3.8, 4) is 0 Å². The molecule has 0 aliphatic carbocycles. The monoisotopic (exact) mass is 256 g/mol. The van der Waals surface area contributed by atoms with Gasteiger partial charge in [0.25, 0.3) is 11.5 Å². The summed E-state index contributed by atoms with van der Waals surface area (Å²) in [4.78, 5) is 4.30. The van der Waals surface area contributed by atoms with Crippen molar-refractivity contribution >= 4 is 40.6 Å². The van der Waals surface area contributed by atoms with Gasteiger partial charge in [0.15, 0.2) is 0 Å². The number of benzene rings is 1. The van der Waals surface area contributed by atoms with Gasteiger partial charge in [-0.3, -0.25) is 4.58 Å². The minimum Gasteiger partial charge on any atom is -0.314 e. The Kier molecular flexibility index (Phi) is 5.35. The Balaban J connectivity index is 2.74. The Hall–Kier alpha value is -1.00. The van der Waals surface area contributed by atoms with Gasteiger partial charge in [-0.2, -0.15) is 0 Å². The van der Waals surface area contributed by atoms with Crippen LogP contribution < -0.4 is 5.32 Å². The SMILES string of the molecule is CSC(=NC=[N+](C)C)Nc1ccc(Cl)cc1. The topological polar surface area (TPSA) is 27.4 Å². The first-order chi connectivity index (χ1) is 7.61. The van der Waals surface area contributed by atoms with E-state index in [1.165, 1.54) is 0 Å². The Labute approximate surface area is 105 Å². The van der Waals surface area contributed by atoms with Crippen LogP contribution in [0.1, 0.15) is 0 Å². The number of hydrogen-bond acceptors (Lipinski definition) is 1. The second-order valence-electron chi connectivity index (χ2n) is 3.35. The van der Waals surface area contributed by atoms with Gasteiger partial charge in [-0.15, -0.1) is 0 Å². The maximum atomic E-state index is 5.81. The van der Waals surface area contributed by atoms with Crippen molar-refractivity contribution in [1.29, 1.82) is 0 Å². The summed E-state index contributed by atoms with van der Waals surface area (Å²) in [5, 5.41) is 4.78.